The molecule has 138 valence electrons. The highest BCUT2D eigenvalue weighted by Gasteiger charge is 2.15. The minimum absolute atomic E-state index is 0.122. The third-order valence-corrected chi connectivity index (χ3v) is 3.95. The lowest BCUT2D eigenvalue weighted by Gasteiger charge is -2.17. The van der Waals surface area contributed by atoms with E-state index >= 15 is 0 Å². The summed E-state index contributed by atoms with van der Waals surface area (Å²) >= 11 is 11.8. The number of halogens is 2. The van der Waals surface area contributed by atoms with Crippen molar-refractivity contribution < 1.29 is 19.1 Å². The summed E-state index contributed by atoms with van der Waals surface area (Å²) < 4.78 is 10.5. The van der Waals surface area contributed by atoms with E-state index in [1.807, 2.05) is 0 Å². The van der Waals surface area contributed by atoms with Gasteiger partial charge in [0.2, 0.25) is 5.91 Å². The normalized spacial score (nSPS) is 10.2. The Bertz CT molecular complexity index is 799. The maximum atomic E-state index is 12.1. The van der Waals surface area contributed by atoms with Crippen LogP contribution >= 0.6 is 23.2 Å². The highest BCUT2D eigenvalue weighted by Crippen LogP contribution is 2.27. The van der Waals surface area contributed by atoms with E-state index in [1.54, 1.807) is 43.5 Å². The first kappa shape index (κ1) is 19.9. The number of likely N-dealkylation sites (N-methyl/N-ethyl adjacent to an activating group) is 1. The monoisotopic (exact) mass is 396 g/mol. The van der Waals surface area contributed by atoms with Gasteiger partial charge in [0.1, 0.15) is 11.5 Å². The second kappa shape index (κ2) is 9.31. The number of nitrogens with one attached hydrogen (secondary N) is 1. The first-order valence-electron chi connectivity index (χ1n) is 7.64. The van der Waals surface area contributed by atoms with Crippen LogP contribution in [0.1, 0.15) is 0 Å². The highest BCUT2D eigenvalue weighted by molar-refractivity contribution is 6.34. The van der Waals surface area contributed by atoms with Crippen LogP contribution in [-0.4, -0.2) is 44.0 Å². The van der Waals surface area contributed by atoms with Crippen LogP contribution < -0.4 is 14.8 Å². The quantitative estimate of drug-likeness (QED) is 0.777. The van der Waals surface area contributed by atoms with Gasteiger partial charge in [-0.1, -0.05) is 29.3 Å². The number of carbonyl (C=O) groups is 2. The molecule has 2 rings (SSSR count). The maximum Gasteiger partial charge on any atom is 0.260 e. The van der Waals surface area contributed by atoms with E-state index in [1.165, 1.54) is 18.0 Å². The molecular formula is C18H18Cl2N2O4. The van der Waals surface area contributed by atoms with Crippen molar-refractivity contribution in [1.82, 2.24) is 4.90 Å². The molecule has 0 heterocycles. The zero-order chi connectivity index (χ0) is 19.1. The summed E-state index contributed by atoms with van der Waals surface area (Å²) in [5.41, 5.74) is 0.581. The molecule has 6 nitrogen and oxygen atoms in total. The Hall–Kier alpha value is -2.44. The molecule has 0 saturated heterocycles. The molecular weight excluding hydrogens is 379 g/mol. The van der Waals surface area contributed by atoms with Crippen molar-refractivity contribution in [3.8, 4) is 11.5 Å². The van der Waals surface area contributed by atoms with E-state index in [0.29, 0.717) is 27.2 Å². The molecule has 0 aliphatic carbocycles. The van der Waals surface area contributed by atoms with Crippen molar-refractivity contribution >= 4 is 40.7 Å². The summed E-state index contributed by atoms with van der Waals surface area (Å²) in [7, 11) is 3.05. The van der Waals surface area contributed by atoms with Gasteiger partial charge in [0.25, 0.3) is 5.91 Å². The van der Waals surface area contributed by atoms with Crippen LogP contribution in [0, 0.1) is 0 Å². The fourth-order valence-corrected chi connectivity index (χ4v) is 2.38. The van der Waals surface area contributed by atoms with Crippen LogP contribution in [0.5, 0.6) is 11.5 Å². The molecule has 0 bridgehead atoms. The smallest absolute Gasteiger partial charge is 0.260 e. The summed E-state index contributed by atoms with van der Waals surface area (Å²) in [5, 5.41) is 3.50. The standard InChI is InChI=1S/C18H18Cl2N2O4/c1-22(10-17(23)21-13-4-3-5-14(9-13)25-2)18(24)11-26-16-8-12(19)6-7-15(16)20/h3-9H,10-11H2,1-2H3,(H,21,23). The van der Waals surface area contributed by atoms with Crippen molar-refractivity contribution in [3.05, 3.63) is 52.5 Å². The van der Waals surface area contributed by atoms with Crippen LogP contribution in [0.25, 0.3) is 0 Å². The van der Waals surface area contributed by atoms with Gasteiger partial charge < -0.3 is 19.7 Å². The number of methoxy groups -OCH3 is 1. The minimum Gasteiger partial charge on any atom is -0.497 e. The zero-order valence-corrected chi connectivity index (χ0v) is 15.8. The van der Waals surface area contributed by atoms with E-state index < -0.39 is 0 Å². The number of benzene rings is 2. The second-order valence-corrected chi connectivity index (χ2v) is 6.24. The number of hydrogen-bond donors (Lipinski definition) is 1. The van der Waals surface area contributed by atoms with E-state index in [2.05, 4.69) is 5.32 Å². The first-order valence-corrected chi connectivity index (χ1v) is 8.40. The minimum atomic E-state index is -0.373. The largest absolute Gasteiger partial charge is 0.497 e. The van der Waals surface area contributed by atoms with Crippen LogP contribution in [-0.2, 0) is 9.59 Å². The maximum absolute atomic E-state index is 12.1. The van der Waals surface area contributed by atoms with Crippen LogP contribution in [0.3, 0.4) is 0 Å². The van der Waals surface area contributed by atoms with Gasteiger partial charge in [-0.3, -0.25) is 9.59 Å². The van der Waals surface area contributed by atoms with Crippen molar-refractivity contribution in [1.29, 1.82) is 0 Å². The predicted octanol–water partition coefficient (Wildman–Crippen LogP) is 3.48. The fourth-order valence-electron chi connectivity index (χ4n) is 2.04. The molecule has 2 aromatic carbocycles. The van der Waals surface area contributed by atoms with Crippen LogP contribution in [0.15, 0.2) is 42.5 Å². The molecule has 2 aromatic rings. The molecule has 0 aliphatic rings. The Labute approximate surface area is 161 Å². The number of ether oxygens (including phenoxy) is 2. The highest BCUT2D eigenvalue weighted by atomic mass is 35.5. The van der Waals surface area contributed by atoms with Gasteiger partial charge in [-0.05, 0) is 24.3 Å². The van der Waals surface area contributed by atoms with Gasteiger partial charge in [-0.15, -0.1) is 0 Å². The van der Waals surface area contributed by atoms with Gasteiger partial charge in [0.15, 0.2) is 6.61 Å². The third-order valence-electron chi connectivity index (χ3n) is 3.40. The molecule has 2 amide bonds. The average molecular weight is 397 g/mol. The molecule has 0 saturated carbocycles. The molecule has 0 aliphatic heterocycles. The van der Waals surface area contributed by atoms with E-state index in [9.17, 15) is 9.59 Å². The lowest BCUT2D eigenvalue weighted by molar-refractivity contribution is -0.135. The summed E-state index contributed by atoms with van der Waals surface area (Å²) in [6.07, 6.45) is 0. The molecule has 0 spiro atoms. The van der Waals surface area contributed by atoms with Crippen LogP contribution in [0.2, 0.25) is 10.0 Å². The number of rotatable bonds is 7. The summed E-state index contributed by atoms with van der Waals surface area (Å²) in [6, 6.07) is 11.7. The zero-order valence-electron chi connectivity index (χ0n) is 14.3. The lowest BCUT2D eigenvalue weighted by Crippen LogP contribution is -2.37. The van der Waals surface area contributed by atoms with Gasteiger partial charge in [0.05, 0.1) is 18.7 Å². The van der Waals surface area contributed by atoms with Gasteiger partial charge in [0, 0.05) is 29.9 Å². The van der Waals surface area contributed by atoms with Crippen LogP contribution in [0.4, 0.5) is 5.69 Å². The van der Waals surface area contributed by atoms with Crippen molar-refractivity contribution in [3.63, 3.8) is 0 Å². The van der Waals surface area contributed by atoms with E-state index in [-0.39, 0.29) is 25.0 Å². The van der Waals surface area contributed by atoms with E-state index in [4.69, 9.17) is 32.7 Å². The Kier molecular flexibility index (Phi) is 7.12. The number of hydrogen-bond acceptors (Lipinski definition) is 4. The number of carbonyl (C=O) groups excluding carboxylic acids is 2. The third kappa shape index (κ3) is 5.82. The van der Waals surface area contributed by atoms with Gasteiger partial charge in [-0.25, -0.2) is 0 Å². The summed E-state index contributed by atoms with van der Waals surface area (Å²) in [5.74, 6) is 0.220. The SMILES string of the molecule is COc1cccc(NC(=O)CN(C)C(=O)COc2cc(Cl)ccc2Cl)c1. The first-order chi connectivity index (χ1) is 12.4. The van der Waals surface area contributed by atoms with Gasteiger partial charge >= 0.3 is 0 Å². The van der Waals surface area contributed by atoms with Crippen molar-refractivity contribution in [2.45, 2.75) is 0 Å². The molecule has 0 unspecified atom stereocenters. The second-order valence-electron chi connectivity index (χ2n) is 5.39. The molecule has 0 fully saturated rings. The Morgan fingerprint density at radius 2 is 1.92 bits per heavy atom. The van der Waals surface area contributed by atoms with Gasteiger partial charge in [-0.2, -0.15) is 0 Å². The predicted molar refractivity (Wildman–Crippen MR) is 101 cm³/mol. The summed E-state index contributed by atoms with van der Waals surface area (Å²) in [6.45, 7) is -0.383. The number of nitrogens with zero attached hydrogens (tertiary/aromatic N) is 1. The van der Waals surface area contributed by atoms with E-state index in [0.717, 1.165) is 0 Å². The topological polar surface area (TPSA) is 67.9 Å². The average Bonchev–Trinajstić information content (AvgIpc) is 2.62. The molecule has 0 atom stereocenters. The Balaban J connectivity index is 1.85. The number of amides is 2. The molecule has 8 heteroatoms. The Morgan fingerprint density at radius 1 is 1.15 bits per heavy atom. The Morgan fingerprint density at radius 3 is 2.65 bits per heavy atom. The molecule has 0 aromatic heterocycles. The van der Waals surface area contributed by atoms with Crippen molar-refractivity contribution in [2.24, 2.45) is 0 Å². The number of anilines is 1. The molecule has 26 heavy (non-hydrogen) atoms. The lowest BCUT2D eigenvalue weighted by atomic mass is 10.3. The molecule has 1 N–H and O–H groups in total. The fraction of sp³-hybridized carbons (Fsp3) is 0.222. The van der Waals surface area contributed by atoms with Crippen molar-refractivity contribution in [2.75, 3.05) is 32.6 Å². The summed E-state index contributed by atoms with van der Waals surface area (Å²) in [4.78, 5) is 25.5. The molecule has 0 radical (unpaired) electrons.